The third-order valence-corrected chi connectivity index (χ3v) is 4.28. The monoisotopic (exact) mass is 284 g/mol. The standard InChI is InChI=1S/C17H20N2O2/c18-17(19-20)15-8-9-16(14-7-2-1-6-13(14)15)21-11-10-12-4-3-5-12/h1-2,6-9,12,20H,3-5,10-11H2,(H2,18,19). The second kappa shape index (κ2) is 6.04. The van der Waals surface area contributed by atoms with Gasteiger partial charge < -0.3 is 15.7 Å². The van der Waals surface area contributed by atoms with Crippen molar-refractivity contribution in [2.24, 2.45) is 16.8 Å². The average molecular weight is 284 g/mol. The first-order chi connectivity index (χ1) is 10.3. The number of hydrogen-bond acceptors (Lipinski definition) is 3. The van der Waals surface area contributed by atoms with Crippen molar-refractivity contribution in [1.82, 2.24) is 0 Å². The normalized spacial score (nSPS) is 15.9. The first-order valence-electron chi connectivity index (χ1n) is 7.42. The number of benzene rings is 2. The number of nitrogens with two attached hydrogens (primary N) is 1. The van der Waals surface area contributed by atoms with Crippen LogP contribution in [0.5, 0.6) is 5.75 Å². The van der Waals surface area contributed by atoms with Gasteiger partial charge in [0.15, 0.2) is 5.84 Å². The van der Waals surface area contributed by atoms with Crippen molar-refractivity contribution in [3.05, 3.63) is 42.0 Å². The van der Waals surface area contributed by atoms with Crippen LogP contribution in [0.2, 0.25) is 0 Å². The van der Waals surface area contributed by atoms with Gasteiger partial charge in [0, 0.05) is 10.9 Å². The Morgan fingerprint density at radius 3 is 2.62 bits per heavy atom. The molecular weight excluding hydrogens is 264 g/mol. The van der Waals surface area contributed by atoms with Crippen molar-refractivity contribution in [2.45, 2.75) is 25.7 Å². The Morgan fingerprint density at radius 1 is 1.19 bits per heavy atom. The molecule has 0 spiro atoms. The van der Waals surface area contributed by atoms with Crippen LogP contribution < -0.4 is 10.5 Å². The molecule has 2 aromatic carbocycles. The molecular formula is C17H20N2O2. The molecule has 4 nitrogen and oxygen atoms in total. The molecule has 2 aromatic rings. The van der Waals surface area contributed by atoms with Gasteiger partial charge >= 0.3 is 0 Å². The van der Waals surface area contributed by atoms with Crippen LogP contribution in [0.1, 0.15) is 31.2 Å². The number of oxime groups is 1. The highest BCUT2D eigenvalue weighted by molar-refractivity contribution is 6.10. The first-order valence-corrected chi connectivity index (χ1v) is 7.42. The highest BCUT2D eigenvalue weighted by Crippen LogP contribution is 2.31. The second-order valence-corrected chi connectivity index (χ2v) is 5.58. The predicted molar refractivity (Wildman–Crippen MR) is 83.9 cm³/mol. The predicted octanol–water partition coefficient (Wildman–Crippen LogP) is 3.50. The SMILES string of the molecule is N/C(=N/O)c1ccc(OCCC2CCC2)c2ccccc12. The molecule has 1 aliphatic rings. The molecule has 110 valence electrons. The Balaban J connectivity index is 1.85. The summed E-state index contributed by atoms with van der Waals surface area (Å²) in [7, 11) is 0. The van der Waals surface area contributed by atoms with E-state index in [-0.39, 0.29) is 5.84 Å². The van der Waals surface area contributed by atoms with Crippen LogP contribution in [0.25, 0.3) is 10.8 Å². The number of rotatable bonds is 5. The Labute approximate surface area is 124 Å². The Morgan fingerprint density at radius 2 is 1.95 bits per heavy atom. The summed E-state index contributed by atoms with van der Waals surface area (Å²) in [5, 5.41) is 13.9. The number of nitrogens with zero attached hydrogens (tertiary/aromatic N) is 1. The summed E-state index contributed by atoms with van der Waals surface area (Å²) in [5.74, 6) is 1.82. The lowest BCUT2D eigenvalue weighted by atomic mass is 9.83. The molecule has 0 aromatic heterocycles. The smallest absolute Gasteiger partial charge is 0.170 e. The molecule has 0 atom stereocenters. The van der Waals surface area contributed by atoms with Crippen molar-refractivity contribution in [3.8, 4) is 5.75 Å². The fourth-order valence-electron chi connectivity index (χ4n) is 2.79. The van der Waals surface area contributed by atoms with Crippen LogP contribution in [0, 0.1) is 5.92 Å². The van der Waals surface area contributed by atoms with Crippen molar-refractivity contribution >= 4 is 16.6 Å². The van der Waals surface area contributed by atoms with Gasteiger partial charge in [0.2, 0.25) is 0 Å². The van der Waals surface area contributed by atoms with Crippen LogP contribution in [0.3, 0.4) is 0 Å². The molecule has 0 radical (unpaired) electrons. The lowest BCUT2D eigenvalue weighted by Gasteiger charge is -2.25. The summed E-state index contributed by atoms with van der Waals surface area (Å²) in [6.07, 6.45) is 5.16. The number of amidine groups is 1. The maximum atomic E-state index is 8.88. The molecule has 1 fully saturated rings. The van der Waals surface area contributed by atoms with Crippen LogP contribution in [0.15, 0.2) is 41.6 Å². The summed E-state index contributed by atoms with van der Waals surface area (Å²) >= 11 is 0. The van der Waals surface area contributed by atoms with Crippen molar-refractivity contribution in [3.63, 3.8) is 0 Å². The van der Waals surface area contributed by atoms with Crippen molar-refractivity contribution in [2.75, 3.05) is 6.61 Å². The van der Waals surface area contributed by atoms with Gasteiger partial charge in [-0.25, -0.2) is 0 Å². The third kappa shape index (κ3) is 2.79. The van der Waals surface area contributed by atoms with E-state index in [1.807, 2.05) is 36.4 Å². The molecule has 0 saturated heterocycles. The van der Waals surface area contributed by atoms with E-state index in [0.29, 0.717) is 0 Å². The van der Waals surface area contributed by atoms with Gasteiger partial charge in [-0.05, 0) is 29.9 Å². The number of ether oxygens (including phenoxy) is 1. The largest absolute Gasteiger partial charge is 0.493 e. The van der Waals surface area contributed by atoms with Crippen LogP contribution in [-0.2, 0) is 0 Å². The summed E-state index contributed by atoms with van der Waals surface area (Å²) in [5.41, 5.74) is 6.46. The van der Waals surface area contributed by atoms with Gasteiger partial charge in [0.05, 0.1) is 6.61 Å². The molecule has 0 unspecified atom stereocenters. The zero-order chi connectivity index (χ0) is 14.7. The van der Waals surface area contributed by atoms with E-state index in [0.717, 1.165) is 41.0 Å². The maximum absolute atomic E-state index is 8.88. The lowest BCUT2D eigenvalue weighted by molar-refractivity contribution is 0.223. The highest BCUT2D eigenvalue weighted by atomic mass is 16.5. The minimum atomic E-state index is 0.118. The average Bonchev–Trinajstić information content (AvgIpc) is 2.49. The molecule has 0 bridgehead atoms. The van der Waals surface area contributed by atoms with E-state index in [1.165, 1.54) is 19.3 Å². The fourth-order valence-corrected chi connectivity index (χ4v) is 2.79. The lowest BCUT2D eigenvalue weighted by Crippen LogP contribution is -2.15. The summed E-state index contributed by atoms with van der Waals surface area (Å²) in [4.78, 5) is 0. The van der Waals surface area contributed by atoms with E-state index in [4.69, 9.17) is 15.7 Å². The zero-order valence-electron chi connectivity index (χ0n) is 12.0. The van der Waals surface area contributed by atoms with Gasteiger partial charge in [0.25, 0.3) is 0 Å². The minimum Gasteiger partial charge on any atom is -0.493 e. The van der Waals surface area contributed by atoms with E-state index < -0.39 is 0 Å². The fraction of sp³-hybridized carbons (Fsp3) is 0.353. The third-order valence-electron chi connectivity index (χ3n) is 4.28. The second-order valence-electron chi connectivity index (χ2n) is 5.58. The Bertz CT molecular complexity index is 663. The summed E-state index contributed by atoms with van der Waals surface area (Å²) in [6, 6.07) is 11.6. The van der Waals surface area contributed by atoms with E-state index >= 15 is 0 Å². The van der Waals surface area contributed by atoms with E-state index in [9.17, 15) is 0 Å². The highest BCUT2D eigenvalue weighted by Gasteiger charge is 2.17. The Hall–Kier alpha value is -2.23. The van der Waals surface area contributed by atoms with E-state index in [1.54, 1.807) is 0 Å². The van der Waals surface area contributed by atoms with Gasteiger partial charge in [-0.3, -0.25) is 0 Å². The minimum absolute atomic E-state index is 0.118. The zero-order valence-corrected chi connectivity index (χ0v) is 12.0. The van der Waals surface area contributed by atoms with Gasteiger partial charge in [0.1, 0.15) is 5.75 Å². The number of fused-ring (bicyclic) bond motifs is 1. The topological polar surface area (TPSA) is 67.8 Å². The summed E-state index contributed by atoms with van der Waals surface area (Å²) < 4.78 is 5.95. The molecule has 3 rings (SSSR count). The number of hydrogen-bond donors (Lipinski definition) is 2. The molecule has 0 heterocycles. The molecule has 21 heavy (non-hydrogen) atoms. The maximum Gasteiger partial charge on any atom is 0.170 e. The van der Waals surface area contributed by atoms with Crippen LogP contribution >= 0.6 is 0 Å². The molecule has 4 heteroatoms. The first kappa shape index (κ1) is 13.7. The van der Waals surface area contributed by atoms with Gasteiger partial charge in [-0.2, -0.15) is 0 Å². The van der Waals surface area contributed by atoms with Gasteiger partial charge in [-0.1, -0.05) is 48.7 Å². The molecule has 0 amide bonds. The summed E-state index contributed by atoms with van der Waals surface area (Å²) in [6.45, 7) is 0.748. The molecule has 1 saturated carbocycles. The van der Waals surface area contributed by atoms with Crippen molar-refractivity contribution < 1.29 is 9.94 Å². The van der Waals surface area contributed by atoms with Crippen LogP contribution in [-0.4, -0.2) is 17.6 Å². The molecule has 3 N–H and O–H groups in total. The molecule has 1 aliphatic carbocycles. The van der Waals surface area contributed by atoms with Crippen molar-refractivity contribution in [1.29, 1.82) is 0 Å². The van der Waals surface area contributed by atoms with Gasteiger partial charge in [-0.15, -0.1) is 0 Å². The van der Waals surface area contributed by atoms with Crippen LogP contribution in [0.4, 0.5) is 0 Å². The quantitative estimate of drug-likeness (QED) is 0.382. The van der Waals surface area contributed by atoms with E-state index in [2.05, 4.69) is 5.16 Å². The Kier molecular flexibility index (Phi) is 3.95. The molecule has 0 aliphatic heterocycles.